The molecular weight excluding hydrogens is 304 g/mol. The molecule has 0 saturated carbocycles. The van der Waals surface area contributed by atoms with Crippen molar-refractivity contribution < 1.29 is 4.79 Å². The summed E-state index contributed by atoms with van der Waals surface area (Å²) in [4.78, 5) is 36.8. The number of hydrogen-bond donors (Lipinski definition) is 1. The Morgan fingerprint density at radius 3 is 2.75 bits per heavy atom. The van der Waals surface area contributed by atoms with E-state index in [1.807, 2.05) is 21.0 Å². The van der Waals surface area contributed by atoms with Gasteiger partial charge in [0.05, 0.1) is 5.39 Å². The van der Waals surface area contributed by atoms with E-state index in [4.69, 9.17) is 0 Å². The highest BCUT2D eigenvalue weighted by atomic mass is 16.2. The summed E-state index contributed by atoms with van der Waals surface area (Å²) in [5, 5.41) is 0.460. The van der Waals surface area contributed by atoms with Crippen molar-refractivity contribution in [3.63, 3.8) is 0 Å². The summed E-state index contributed by atoms with van der Waals surface area (Å²) in [7, 11) is 4.08. The zero-order valence-corrected chi connectivity index (χ0v) is 14.7. The zero-order valence-electron chi connectivity index (χ0n) is 14.7. The van der Waals surface area contributed by atoms with E-state index in [0.717, 1.165) is 12.1 Å². The number of likely N-dealkylation sites (tertiary alicyclic amines) is 1. The van der Waals surface area contributed by atoms with Gasteiger partial charge in [0.15, 0.2) is 0 Å². The number of amides is 1. The lowest BCUT2D eigenvalue weighted by molar-refractivity contribution is 0.0779. The first-order chi connectivity index (χ1) is 11.4. The quantitative estimate of drug-likeness (QED) is 0.930. The van der Waals surface area contributed by atoms with Crippen LogP contribution in [0.4, 0.5) is 0 Å². The first-order valence-electron chi connectivity index (χ1n) is 8.37. The highest BCUT2D eigenvalue weighted by molar-refractivity contribution is 5.96. The van der Waals surface area contributed by atoms with E-state index < -0.39 is 0 Å². The predicted molar refractivity (Wildman–Crippen MR) is 94.3 cm³/mol. The van der Waals surface area contributed by atoms with Gasteiger partial charge in [0.1, 0.15) is 11.2 Å². The monoisotopic (exact) mass is 328 g/mol. The molecule has 1 saturated heterocycles. The molecule has 1 aliphatic heterocycles. The molecule has 6 nitrogen and oxygen atoms in total. The second kappa shape index (κ2) is 6.36. The largest absolute Gasteiger partial charge is 0.345 e. The first kappa shape index (κ1) is 16.6. The average molecular weight is 328 g/mol. The highest BCUT2D eigenvalue weighted by Gasteiger charge is 2.36. The van der Waals surface area contributed by atoms with Gasteiger partial charge < -0.3 is 14.8 Å². The van der Waals surface area contributed by atoms with Crippen molar-refractivity contribution in [3.8, 4) is 0 Å². The molecule has 1 N–H and O–H groups in total. The summed E-state index contributed by atoms with van der Waals surface area (Å²) < 4.78 is 0. The lowest BCUT2D eigenvalue weighted by Gasteiger charge is -2.23. The summed E-state index contributed by atoms with van der Waals surface area (Å²) in [6.45, 7) is 5.37. The normalized spacial score (nSPS) is 21.0. The van der Waals surface area contributed by atoms with Crippen LogP contribution in [0.5, 0.6) is 0 Å². The van der Waals surface area contributed by atoms with E-state index in [1.165, 1.54) is 6.20 Å². The molecule has 1 amide bonds. The van der Waals surface area contributed by atoms with Crippen LogP contribution >= 0.6 is 0 Å². The number of pyridine rings is 2. The van der Waals surface area contributed by atoms with Crippen molar-refractivity contribution in [3.05, 3.63) is 39.8 Å². The molecule has 0 aliphatic carbocycles. The first-order valence-corrected chi connectivity index (χ1v) is 8.37. The van der Waals surface area contributed by atoms with Gasteiger partial charge in [-0.15, -0.1) is 0 Å². The molecule has 1 fully saturated rings. The van der Waals surface area contributed by atoms with Crippen molar-refractivity contribution >= 4 is 16.9 Å². The van der Waals surface area contributed by atoms with E-state index in [2.05, 4.69) is 21.8 Å². The summed E-state index contributed by atoms with van der Waals surface area (Å²) in [6, 6.07) is 3.86. The number of carbonyl (C=O) groups is 1. The maximum Gasteiger partial charge on any atom is 0.259 e. The molecule has 0 aromatic carbocycles. The lowest BCUT2D eigenvalue weighted by Crippen LogP contribution is -2.37. The van der Waals surface area contributed by atoms with Crippen molar-refractivity contribution in [2.45, 2.75) is 26.3 Å². The Labute approximate surface area is 141 Å². The van der Waals surface area contributed by atoms with Gasteiger partial charge in [-0.1, -0.05) is 13.3 Å². The number of nitrogens with one attached hydrogen (secondary N) is 1. The van der Waals surface area contributed by atoms with Crippen LogP contribution in [0.15, 0.2) is 23.1 Å². The average Bonchev–Trinajstić information content (AvgIpc) is 2.99. The number of aromatic nitrogens is 2. The number of fused-ring (bicyclic) bond motifs is 1. The molecule has 2 aromatic heterocycles. The Morgan fingerprint density at radius 1 is 1.38 bits per heavy atom. The van der Waals surface area contributed by atoms with E-state index in [1.54, 1.807) is 17.0 Å². The number of carbonyl (C=O) groups excluding carboxylic acids is 1. The third kappa shape index (κ3) is 2.82. The standard InChI is InChI=1S/C18H24N4O2/c1-5-12-9-22(10-15(12)21(3)4)18(24)14-8-19-17-13(16(14)23)7-6-11(2)20-17/h6-8,12,15H,5,9-10H2,1-4H3,(H,19,20,23)/t12-,15+/m1/s1. The second-order valence-electron chi connectivity index (χ2n) is 6.79. The Morgan fingerprint density at radius 2 is 2.12 bits per heavy atom. The third-order valence-corrected chi connectivity index (χ3v) is 4.99. The van der Waals surface area contributed by atoms with Gasteiger partial charge in [-0.2, -0.15) is 0 Å². The second-order valence-corrected chi connectivity index (χ2v) is 6.79. The molecule has 3 heterocycles. The maximum atomic E-state index is 12.9. The number of hydrogen-bond acceptors (Lipinski definition) is 4. The lowest BCUT2D eigenvalue weighted by atomic mass is 10.0. The molecule has 1 aliphatic rings. The van der Waals surface area contributed by atoms with E-state index in [9.17, 15) is 9.59 Å². The number of rotatable bonds is 3. The van der Waals surface area contributed by atoms with Gasteiger partial charge in [0, 0.05) is 31.0 Å². The molecule has 24 heavy (non-hydrogen) atoms. The summed E-state index contributed by atoms with van der Waals surface area (Å²) in [5.74, 6) is 0.245. The molecule has 0 spiro atoms. The Balaban J connectivity index is 1.93. The number of aryl methyl sites for hydroxylation is 1. The summed E-state index contributed by atoms with van der Waals surface area (Å²) in [5.41, 5.74) is 1.30. The van der Waals surface area contributed by atoms with E-state index >= 15 is 0 Å². The molecule has 3 rings (SSSR count). The van der Waals surface area contributed by atoms with Gasteiger partial charge in [-0.05, 0) is 39.1 Å². The minimum absolute atomic E-state index is 0.193. The number of nitrogens with zero attached hydrogens (tertiary/aromatic N) is 3. The molecule has 2 aromatic rings. The number of aromatic amines is 1. The van der Waals surface area contributed by atoms with Crippen LogP contribution in [0.2, 0.25) is 0 Å². The summed E-state index contributed by atoms with van der Waals surface area (Å²) in [6.07, 6.45) is 2.52. The van der Waals surface area contributed by atoms with Gasteiger partial charge in [0.25, 0.3) is 5.91 Å². The Bertz CT molecular complexity index is 827. The van der Waals surface area contributed by atoms with Crippen LogP contribution in [-0.4, -0.2) is 58.9 Å². The SMILES string of the molecule is CC[C@@H]1CN(C(=O)c2c[nH]c3nc(C)ccc3c2=O)C[C@@H]1N(C)C. The molecule has 2 atom stereocenters. The number of H-pyrrole nitrogens is 1. The highest BCUT2D eigenvalue weighted by Crippen LogP contribution is 2.24. The molecule has 0 bridgehead atoms. The van der Waals surface area contributed by atoms with Gasteiger partial charge in [-0.3, -0.25) is 9.59 Å². The van der Waals surface area contributed by atoms with Gasteiger partial charge in [-0.25, -0.2) is 4.98 Å². The Hall–Kier alpha value is -2.21. The maximum absolute atomic E-state index is 12.9. The van der Waals surface area contributed by atoms with Crippen molar-refractivity contribution in [1.29, 1.82) is 0 Å². The van der Waals surface area contributed by atoms with Crippen LogP contribution < -0.4 is 5.43 Å². The Kier molecular flexibility index (Phi) is 4.41. The third-order valence-electron chi connectivity index (χ3n) is 4.99. The van der Waals surface area contributed by atoms with E-state index in [-0.39, 0.29) is 16.9 Å². The number of likely N-dealkylation sites (N-methyl/N-ethyl adjacent to an activating group) is 1. The fourth-order valence-corrected chi connectivity index (χ4v) is 3.54. The smallest absolute Gasteiger partial charge is 0.259 e. The van der Waals surface area contributed by atoms with Gasteiger partial charge >= 0.3 is 0 Å². The molecule has 6 heteroatoms. The van der Waals surface area contributed by atoms with Crippen LogP contribution in [0, 0.1) is 12.8 Å². The molecule has 128 valence electrons. The van der Waals surface area contributed by atoms with Crippen LogP contribution in [0.1, 0.15) is 29.4 Å². The summed E-state index contributed by atoms with van der Waals surface area (Å²) >= 11 is 0. The molecular formula is C18H24N4O2. The minimum atomic E-state index is -0.248. The molecule has 0 radical (unpaired) electrons. The van der Waals surface area contributed by atoms with E-state index in [0.29, 0.717) is 36.1 Å². The van der Waals surface area contributed by atoms with Crippen LogP contribution in [0.3, 0.4) is 0 Å². The minimum Gasteiger partial charge on any atom is -0.345 e. The van der Waals surface area contributed by atoms with Crippen molar-refractivity contribution in [2.75, 3.05) is 27.2 Å². The van der Waals surface area contributed by atoms with Crippen LogP contribution in [-0.2, 0) is 0 Å². The fourth-order valence-electron chi connectivity index (χ4n) is 3.54. The zero-order chi connectivity index (χ0) is 17.4. The topological polar surface area (TPSA) is 69.3 Å². The fraction of sp³-hybridized carbons (Fsp3) is 0.500. The molecule has 0 unspecified atom stereocenters. The van der Waals surface area contributed by atoms with Gasteiger partial charge in [0.2, 0.25) is 5.43 Å². The van der Waals surface area contributed by atoms with Crippen molar-refractivity contribution in [1.82, 2.24) is 19.8 Å². The predicted octanol–water partition coefficient (Wildman–Crippen LogP) is 1.64. The van der Waals surface area contributed by atoms with Crippen LogP contribution in [0.25, 0.3) is 11.0 Å². The van der Waals surface area contributed by atoms with Crippen molar-refractivity contribution in [2.24, 2.45) is 5.92 Å².